The van der Waals surface area contributed by atoms with Gasteiger partial charge >= 0.3 is 16.7 Å². The van der Waals surface area contributed by atoms with Crippen LogP contribution in [-0.4, -0.2) is 48.2 Å². The number of carbonyl (C=O) groups is 1. The Balaban J connectivity index is 2.71. The lowest BCUT2D eigenvalue weighted by molar-refractivity contribution is -0.152. The molecule has 1 rings (SSSR count). The third kappa shape index (κ3) is 6.79. The summed E-state index contributed by atoms with van der Waals surface area (Å²) in [5.74, 6) is -4.90. The number of benzene rings is 1. The Morgan fingerprint density at radius 2 is 1.89 bits per heavy atom. The topological polar surface area (TPSA) is 41.9 Å². The van der Waals surface area contributed by atoms with Gasteiger partial charge in [0.15, 0.2) is 0 Å². The Morgan fingerprint density at radius 3 is 2.44 bits per heavy atom. The molecule has 0 heterocycles. The van der Waals surface area contributed by atoms with Gasteiger partial charge in [-0.15, -0.1) is 0 Å². The van der Waals surface area contributed by atoms with Crippen molar-refractivity contribution in [3.05, 3.63) is 28.8 Å². The van der Waals surface area contributed by atoms with Gasteiger partial charge < -0.3 is 9.64 Å². The van der Waals surface area contributed by atoms with Crippen molar-refractivity contribution >= 4 is 33.9 Å². The smallest absolute Gasteiger partial charge is 0.363 e. The van der Waals surface area contributed by atoms with Crippen LogP contribution in [0.15, 0.2) is 17.1 Å². The summed E-state index contributed by atoms with van der Waals surface area (Å²) >= 11 is 1.66. The third-order valence-corrected chi connectivity index (χ3v) is 4.52. The fourth-order valence-electron chi connectivity index (χ4n) is 2.08. The molecule has 0 spiro atoms. The lowest BCUT2D eigenvalue weighted by atomic mass is 10.0. The first-order valence-corrected chi connectivity index (χ1v) is 9.15. The first-order valence-electron chi connectivity index (χ1n) is 8.36. The number of nitrogens with zero attached hydrogens (tertiary/aromatic N) is 2. The molecule has 0 bridgehead atoms. The molecular weight excluding hydrogens is 432 g/mol. The predicted molar refractivity (Wildman–Crippen MR) is 101 cm³/mol. The van der Waals surface area contributed by atoms with Crippen molar-refractivity contribution in [1.29, 1.82) is 0 Å². The summed E-state index contributed by atoms with van der Waals surface area (Å²) < 4.78 is 56.6. The van der Waals surface area contributed by atoms with Crippen LogP contribution in [-0.2, 0) is 4.74 Å². The Labute approximate surface area is 164 Å². The van der Waals surface area contributed by atoms with E-state index in [2.05, 4.69) is 4.99 Å². The molecule has 1 aromatic carbocycles. The van der Waals surface area contributed by atoms with E-state index in [0.29, 0.717) is 11.3 Å². The van der Waals surface area contributed by atoms with E-state index >= 15 is 0 Å². The van der Waals surface area contributed by atoms with Gasteiger partial charge in [0.1, 0.15) is 0 Å². The lowest BCUT2D eigenvalue weighted by Crippen LogP contribution is -2.35. The molecule has 4 nitrogen and oxygen atoms in total. The highest BCUT2D eigenvalue weighted by molar-refractivity contribution is 9.10. The quantitative estimate of drug-likeness (QED) is 0.124. The normalized spacial score (nSPS) is 12.5. The molecule has 0 aliphatic carbocycles. The van der Waals surface area contributed by atoms with E-state index in [-0.39, 0.29) is 18.6 Å². The molecule has 0 amide bonds. The van der Waals surface area contributed by atoms with Crippen LogP contribution in [0.5, 0.6) is 0 Å². The number of aliphatic imine (C=N–C) groups is 1. The van der Waals surface area contributed by atoms with E-state index in [9.17, 15) is 22.4 Å². The minimum Gasteiger partial charge on any atom is -0.462 e. The molecule has 0 aromatic heterocycles. The van der Waals surface area contributed by atoms with Crippen molar-refractivity contribution in [2.45, 2.75) is 44.4 Å². The summed E-state index contributed by atoms with van der Waals surface area (Å²) in [6, 6.07) is 3.34. The number of carbonyl (C=O) groups excluding carboxylic acids is 1. The van der Waals surface area contributed by atoms with Gasteiger partial charge in [-0.1, -0.05) is 0 Å². The maximum absolute atomic E-state index is 13.1. The molecule has 0 aliphatic rings. The predicted octanol–water partition coefficient (Wildman–Crippen LogP) is 5.47. The summed E-state index contributed by atoms with van der Waals surface area (Å²) in [5.41, 5.74) is 2.35. The van der Waals surface area contributed by atoms with E-state index in [1.165, 1.54) is 0 Å². The molecule has 0 atom stereocenters. The van der Waals surface area contributed by atoms with Gasteiger partial charge in [-0.05, 0) is 66.4 Å². The summed E-state index contributed by atoms with van der Waals surface area (Å²) in [6.45, 7) is 5.90. The van der Waals surface area contributed by atoms with Gasteiger partial charge in [0, 0.05) is 20.0 Å². The van der Waals surface area contributed by atoms with Gasteiger partial charge in [-0.25, -0.2) is 9.79 Å². The van der Waals surface area contributed by atoms with Gasteiger partial charge in [0.2, 0.25) is 0 Å². The molecule has 0 unspecified atom stereocenters. The minimum atomic E-state index is -4.29. The zero-order chi connectivity index (χ0) is 20.8. The number of aryl methyl sites for hydroxylation is 2. The summed E-state index contributed by atoms with van der Waals surface area (Å²) in [7, 11) is 1.88. The van der Waals surface area contributed by atoms with Gasteiger partial charge in [-0.3, -0.25) is 0 Å². The summed E-state index contributed by atoms with van der Waals surface area (Å²) in [4.78, 5) is 14.1. The second-order valence-electron chi connectivity index (χ2n) is 6.21. The zero-order valence-electron chi connectivity index (χ0n) is 15.7. The van der Waals surface area contributed by atoms with E-state index < -0.39 is 23.1 Å². The Bertz CT molecular complexity index is 691. The maximum Gasteiger partial charge on any atom is 0.363 e. The number of alkyl halides is 5. The third-order valence-electron chi connectivity index (χ3n) is 3.94. The zero-order valence-corrected chi connectivity index (χ0v) is 17.2. The molecule has 0 aliphatic heterocycles. The van der Waals surface area contributed by atoms with E-state index in [1.54, 1.807) is 48.2 Å². The number of halogens is 5. The highest BCUT2D eigenvalue weighted by atomic mass is 79.9. The number of ether oxygens (including phenoxy) is 1. The van der Waals surface area contributed by atoms with Crippen LogP contribution in [0.4, 0.5) is 23.2 Å². The fraction of sp³-hybridized carbons (Fsp3) is 0.556. The van der Waals surface area contributed by atoms with Crippen molar-refractivity contribution in [2.24, 2.45) is 4.99 Å². The van der Waals surface area contributed by atoms with Crippen LogP contribution in [0.3, 0.4) is 0 Å². The average Bonchev–Trinajstić information content (AvgIpc) is 2.57. The second-order valence-corrected chi connectivity index (χ2v) is 7.21. The van der Waals surface area contributed by atoms with Crippen LogP contribution in [0, 0.1) is 13.8 Å². The van der Waals surface area contributed by atoms with Crippen molar-refractivity contribution in [3.63, 3.8) is 0 Å². The van der Waals surface area contributed by atoms with Crippen LogP contribution in [0.2, 0.25) is 0 Å². The molecule has 0 N–H and O–H groups in total. The van der Waals surface area contributed by atoms with Crippen LogP contribution >= 0.6 is 15.9 Å². The monoisotopic (exact) mass is 454 g/mol. The molecule has 9 heteroatoms. The maximum atomic E-state index is 13.1. The van der Waals surface area contributed by atoms with Crippen LogP contribution in [0.1, 0.15) is 41.3 Å². The van der Waals surface area contributed by atoms with Crippen molar-refractivity contribution < 1.29 is 27.1 Å². The van der Waals surface area contributed by atoms with Crippen molar-refractivity contribution in [1.82, 2.24) is 4.90 Å². The number of rotatable bonds is 9. The second kappa shape index (κ2) is 9.52. The number of hydrogen-bond acceptors (Lipinski definition) is 3. The van der Waals surface area contributed by atoms with E-state index in [1.807, 2.05) is 18.9 Å². The SMILES string of the molecule is CCN(C)C=Nc1cc(C)c(C(=O)OCCCC(F)(F)C(F)(F)Br)cc1C. The van der Waals surface area contributed by atoms with Crippen LogP contribution < -0.4 is 0 Å². The minimum absolute atomic E-state index is 0.285. The van der Waals surface area contributed by atoms with E-state index in [4.69, 9.17) is 4.74 Å². The molecular formula is C18H23BrF4N2O2. The molecule has 0 fully saturated rings. The summed E-state index contributed by atoms with van der Waals surface area (Å²) in [5, 5.41) is 0. The van der Waals surface area contributed by atoms with Crippen molar-refractivity contribution in [2.75, 3.05) is 20.2 Å². The Morgan fingerprint density at radius 1 is 1.26 bits per heavy atom. The van der Waals surface area contributed by atoms with E-state index in [0.717, 1.165) is 12.1 Å². The molecule has 0 radical (unpaired) electrons. The Hall–Kier alpha value is -1.64. The first kappa shape index (κ1) is 23.4. The molecule has 0 saturated heterocycles. The fourth-order valence-corrected chi connectivity index (χ4v) is 2.28. The highest BCUT2D eigenvalue weighted by Crippen LogP contribution is 2.42. The van der Waals surface area contributed by atoms with Gasteiger partial charge in [-0.2, -0.15) is 17.6 Å². The van der Waals surface area contributed by atoms with Crippen LogP contribution in [0.25, 0.3) is 0 Å². The molecule has 152 valence electrons. The molecule has 0 saturated carbocycles. The molecule has 27 heavy (non-hydrogen) atoms. The molecule has 1 aromatic rings. The summed E-state index contributed by atoms with van der Waals surface area (Å²) in [6.07, 6.45) is 0.193. The number of hydrogen-bond donors (Lipinski definition) is 0. The number of esters is 1. The van der Waals surface area contributed by atoms with Gasteiger partial charge in [0.05, 0.1) is 24.2 Å². The average molecular weight is 455 g/mol. The standard InChI is InChI=1S/C18H23BrF4N2O2/c1-5-25(4)11-24-15-10-12(2)14(9-13(15)3)16(26)27-8-6-7-17(20,21)18(19,22)23/h9-11H,5-8H2,1-4H3. The van der Waals surface area contributed by atoms with Crippen molar-refractivity contribution in [3.8, 4) is 0 Å². The van der Waals surface area contributed by atoms with Gasteiger partial charge in [0.25, 0.3) is 0 Å². The Kier molecular flexibility index (Phi) is 8.25. The largest absolute Gasteiger partial charge is 0.462 e. The highest BCUT2D eigenvalue weighted by Gasteiger charge is 2.53. The lowest BCUT2D eigenvalue weighted by Gasteiger charge is -2.21. The first-order chi connectivity index (χ1) is 12.4.